The van der Waals surface area contributed by atoms with Crippen LogP contribution in [0, 0.1) is 5.82 Å². The van der Waals surface area contributed by atoms with Crippen molar-refractivity contribution in [3.63, 3.8) is 0 Å². The molecular weight excluding hydrogens is 141 g/mol. The van der Waals surface area contributed by atoms with Gasteiger partial charge in [-0.1, -0.05) is 13.8 Å². The first-order valence-electron chi connectivity index (χ1n) is 3.90. The second-order valence-electron chi connectivity index (χ2n) is 2.47. The fourth-order valence-corrected chi connectivity index (χ4v) is 1.20. The molecule has 0 aliphatic rings. The summed E-state index contributed by atoms with van der Waals surface area (Å²) in [5.41, 5.74) is 1.83. The smallest absolute Gasteiger partial charge is 0.144 e. The average molecular weight is 153 g/mol. The Labute approximate surface area is 66.3 Å². The third-order valence-corrected chi connectivity index (χ3v) is 1.83. The van der Waals surface area contributed by atoms with E-state index in [1.54, 1.807) is 6.20 Å². The normalized spacial score (nSPS) is 10.1. The Morgan fingerprint density at radius 1 is 1.27 bits per heavy atom. The summed E-state index contributed by atoms with van der Waals surface area (Å²) >= 11 is 0. The summed E-state index contributed by atoms with van der Waals surface area (Å²) in [6.07, 6.45) is 4.62. The molecule has 60 valence electrons. The molecule has 0 atom stereocenters. The van der Waals surface area contributed by atoms with E-state index in [1.165, 1.54) is 6.20 Å². The Morgan fingerprint density at radius 3 is 2.45 bits per heavy atom. The van der Waals surface area contributed by atoms with E-state index in [0.29, 0.717) is 0 Å². The van der Waals surface area contributed by atoms with Crippen LogP contribution in [-0.4, -0.2) is 4.98 Å². The summed E-state index contributed by atoms with van der Waals surface area (Å²) in [6, 6.07) is 0. The third kappa shape index (κ3) is 1.56. The van der Waals surface area contributed by atoms with Crippen LogP contribution in [0.1, 0.15) is 25.0 Å². The van der Waals surface area contributed by atoms with Gasteiger partial charge in [0.2, 0.25) is 0 Å². The van der Waals surface area contributed by atoms with Crippen molar-refractivity contribution in [3.05, 3.63) is 29.3 Å². The standard InChI is InChI=1S/C9H12FN/c1-3-7-5-11-6-9(10)8(7)4-2/h5-6H,3-4H2,1-2H3. The zero-order valence-corrected chi connectivity index (χ0v) is 6.89. The largest absolute Gasteiger partial charge is 0.261 e. The molecule has 0 saturated carbocycles. The highest BCUT2D eigenvalue weighted by molar-refractivity contribution is 5.24. The molecule has 0 unspecified atom stereocenters. The first-order valence-corrected chi connectivity index (χ1v) is 3.90. The van der Waals surface area contributed by atoms with Crippen LogP contribution in [0.5, 0.6) is 0 Å². The van der Waals surface area contributed by atoms with Gasteiger partial charge in [0.05, 0.1) is 6.20 Å². The SMILES string of the molecule is CCc1cncc(F)c1CC. The van der Waals surface area contributed by atoms with E-state index >= 15 is 0 Å². The zero-order chi connectivity index (χ0) is 8.27. The second kappa shape index (κ2) is 3.46. The first kappa shape index (κ1) is 8.18. The molecule has 0 saturated heterocycles. The predicted octanol–water partition coefficient (Wildman–Crippen LogP) is 2.35. The number of hydrogen-bond donors (Lipinski definition) is 0. The number of hydrogen-bond acceptors (Lipinski definition) is 1. The summed E-state index contributed by atoms with van der Waals surface area (Å²) in [6.45, 7) is 3.97. The van der Waals surface area contributed by atoms with Gasteiger partial charge in [-0.25, -0.2) is 4.39 Å². The summed E-state index contributed by atoms with van der Waals surface area (Å²) in [5, 5.41) is 0. The number of aryl methyl sites for hydroxylation is 1. The van der Waals surface area contributed by atoms with Crippen LogP contribution in [0.2, 0.25) is 0 Å². The van der Waals surface area contributed by atoms with Gasteiger partial charge in [-0.3, -0.25) is 4.98 Å². The van der Waals surface area contributed by atoms with Gasteiger partial charge in [0.1, 0.15) is 5.82 Å². The summed E-state index contributed by atoms with van der Waals surface area (Å²) in [4.78, 5) is 3.79. The molecule has 11 heavy (non-hydrogen) atoms. The number of pyridine rings is 1. The Morgan fingerprint density at radius 2 is 2.00 bits per heavy atom. The van der Waals surface area contributed by atoms with Crippen molar-refractivity contribution in [1.82, 2.24) is 4.98 Å². The molecule has 1 nitrogen and oxygen atoms in total. The maximum absolute atomic E-state index is 13.0. The van der Waals surface area contributed by atoms with Crippen LogP contribution in [0.4, 0.5) is 4.39 Å². The lowest BCUT2D eigenvalue weighted by atomic mass is 10.1. The molecule has 0 aromatic carbocycles. The number of aromatic nitrogens is 1. The molecule has 1 rings (SSSR count). The highest BCUT2D eigenvalue weighted by Crippen LogP contribution is 2.12. The lowest BCUT2D eigenvalue weighted by Gasteiger charge is -2.04. The van der Waals surface area contributed by atoms with Crippen LogP contribution >= 0.6 is 0 Å². The van der Waals surface area contributed by atoms with Gasteiger partial charge in [0.15, 0.2) is 0 Å². The molecule has 0 bridgehead atoms. The quantitative estimate of drug-likeness (QED) is 0.635. The van der Waals surface area contributed by atoms with Crippen molar-refractivity contribution in [3.8, 4) is 0 Å². The average Bonchev–Trinajstić information content (AvgIpc) is 2.04. The van der Waals surface area contributed by atoms with Gasteiger partial charge in [-0.05, 0) is 24.0 Å². The molecule has 0 aliphatic heterocycles. The predicted molar refractivity (Wildman–Crippen MR) is 43.0 cm³/mol. The van der Waals surface area contributed by atoms with E-state index in [4.69, 9.17) is 0 Å². The van der Waals surface area contributed by atoms with Gasteiger partial charge in [-0.15, -0.1) is 0 Å². The van der Waals surface area contributed by atoms with Crippen LogP contribution in [0.15, 0.2) is 12.4 Å². The molecule has 0 fully saturated rings. The highest BCUT2D eigenvalue weighted by Gasteiger charge is 2.03. The zero-order valence-electron chi connectivity index (χ0n) is 6.89. The maximum Gasteiger partial charge on any atom is 0.144 e. The van der Waals surface area contributed by atoms with Gasteiger partial charge in [-0.2, -0.15) is 0 Å². The molecule has 0 spiro atoms. The third-order valence-electron chi connectivity index (χ3n) is 1.83. The summed E-state index contributed by atoms with van der Waals surface area (Å²) in [7, 11) is 0. The maximum atomic E-state index is 13.0. The van der Waals surface area contributed by atoms with Crippen molar-refractivity contribution in [2.24, 2.45) is 0 Å². The van der Waals surface area contributed by atoms with E-state index in [0.717, 1.165) is 24.0 Å². The first-order chi connectivity index (χ1) is 5.29. The molecule has 0 N–H and O–H groups in total. The Balaban J connectivity index is 3.13. The van der Waals surface area contributed by atoms with Crippen molar-refractivity contribution >= 4 is 0 Å². The molecule has 0 radical (unpaired) electrons. The molecule has 0 amide bonds. The highest BCUT2D eigenvalue weighted by atomic mass is 19.1. The van der Waals surface area contributed by atoms with Crippen molar-refractivity contribution < 1.29 is 4.39 Å². The van der Waals surface area contributed by atoms with Crippen LogP contribution in [0.3, 0.4) is 0 Å². The minimum absolute atomic E-state index is 0.174. The van der Waals surface area contributed by atoms with Gasteiger partial charge in [0, 0.05) is 6.20 Å². The van der Waals surface area contributed by atoms with Crippen molar-refractivity contribution in [1.29, 1.82) is 0 Å². The molecule has 2 heteroatoms. The van der Waals surface area contributed by atoms with E-state index in [9.17, 15) is 4.39 Å². The van der Waals surface area contributed by atoms with Gasteiger partial charge < -0.3 is 0 Å². The Kier molecular flexibility index (Phi) is 2.58. The monoisotopic (exact) mass is 153 g/mol. The van der Waals surface area contributed by atoms with Crippen molar-refractivity contribution in [2.45, 2.75) is 26.7 Å². The summed E-state index contributed by atoms with van der Waals surface area (Å²) in [5.74, 6) is -0.174. The van der Waals surface area contributed by atoms with E-state index in [-0.39, 0.29) is 5.82 Å². The minimum atomic E-state index is -0.174. The lowest BCUT2D eigenvalue weighted by molar-refractivity contribution is 0.601. The topological polar surface area (TPSA) is 12.9 Å². The fraction of sp³-hybridized carbons (Fsp3) is 0.444. The summed E-state index contributed by atoms with van der Waals surface area (Å²) < 4.78 is 13.0. The molecule has 1 heterocycles. The molecule has 1 aromatic rings. The van der Waals surface area contributed by atoms with Crippen LogP contribution < -0.4 is 0 Å². The van der Waals surface area contributed by atoms with Gasteiger partial charge in [0.25, 0.3) is 0 Å². The second-order valence-corrected chi connectivity index (χ2v) is 2.47. The molecule has 0 aliphatic carbocycles. The molecule has 1 aromatic heterocycles. The minimum Gasteiger partial charge on any atom is -0.261 e. The number of halogens is 1. The number of rotatable bonds is 2. The fourth-order valence-electron chi connectivity index (χ4n) is 1.20. The molecular formula is C9H12FN. The van der Waals surface area contributed by atoms with E-state index in [1.807, 2.05) is 13.8 Å². The van der Waals surface area contributed by atoms with E-state index in [2.05, 4.69) is 4.98 Å². The van der Waals surface area contributed by atoms with Crippen molar-refractivity contribution in [2.75, 3.05) is 0 Å². The Hall–Kier alpha value is -0.920. The van der Waals surface area contributed by atoms with E-state index < -0.39 is 0 Å². The van der Waals surface area contributed by atoms with Crippen LogP contribution in [0.25, 0.3) is 0 Å². The lowest BCUT2D eigenvalue weighted by Crippen LogP contribution is -1.96. The Bertz CT molecular complexity index is 245. The van der Waals surface area contributed by atoms with Gasteiger partial charge >= 0.3 is 0 Å². The van der Waals surface area contributed by atoms with Crippen LogP contribution in [-0.2, 0) is 12.8 Å². The number of nitrogens with zero attached hydrogens (tertiary/aromatic N) is 1.